The van der Waals surface area contributed by atoms with E-state index in [1.807, 2.05) is 19.2 Å². The molecule has 2 atom stereocenters. The Kier molecular flexibility index (Phi) is 7.99. The van der Waals surface area contributed by atoms with Crippen LogP contribution in [0.5, 0.6) is 0 Å². The summed E-state index contributed by atoms with van der Waals surface area (Å²) in [5, 5.41) is 21.4. The summed E-state index contributed by atoms with van der Waals surface area (Å²) >= 11 is 0. The Bertz CT molecular complexity index is 410. The van der Waals surface area contributed by atoms with E-state index in [2.05, 4.69) is 5.32 Å². The Morgan fingerprint density at radius 2 is 1.62 bits per heavy atom. The third-order valence-electron chi connectivity index (χ3n) is 2.49. The molecule has 0 rings (SSSR count). The second-order valence-electron chi connectivity index (χ2n) is 5.01. The molecule has 0 heterocycles. The highest BCUT2D eigenvalue weighted by atomic mass is 16.4. The zero-order chi connectivity index (χ0) is 16.6. The lowest BCUT2D eigenvalue weighted by molar-refractivity contribution is -0.141. The third-order valence-corrected chi connectivity index (χ3v) is 2.49. The van der Waals surface area contributed by atoms with E-state index in [1.54, 1.807) is 0 Å². The topological polar surface area (TPSA) is 159 Å². The van der Waals surface area contributed by atoms with Gasteiger partial charge in [-0.05, 0) is 12.3 Å². The number of hydrogen-bond acceptors (Lipinski definition) is 5. The van der Waals surface area contributed by atoms with Crippen molar-refractivity contribution in [1.82, 2.24) is 10.6 Å². The van der Waals surface area contributed by atoms with Gasteiger partial charge < -0.3 is 26.6 Å². The largest absolute Gasteiger partial charge is 0.481 e. The lowest BCUT2D eigenvalue weighted by atomic mass is 10.0. The Morgan fingerprint density at radius 1 is 1.05 bits per heavy atom. The molecule has 0 fully saturated rings. The number of carboxylic acids is 2. The van der Waals surface area contributed by atoms with Crippen molar-refractivity contribution in [3.8, 4) is 0 Å². The van der Waals surface area contributed by atoms with Gasteiger partial charge in [-0.25, -0.2) is 0 Å². The standard InChI is InChI=1S/C12H21N3O6/c1-6(2)3-7(13)11(20)15-8(4-9(16)17)12(21)14-5-10(18)19/h6-8H,3-5,13H2,1-2H3,(H,14,21)(H,15,20)(H,16,17)(H,18,19)/t7-,8-/m0/s1. The number of carboxylic acid groups (broad SMARTS) is 2. The summed E-state index contributed by atoms with van der Waals surface area (Å²) in [7, 11) is 0. The highest BCUT2D eigenvalue weighted by Crippen LogP contribution is 2.03. The fourth-order valence-electron chi connectivity index (χ4n) is 1.56. The van der Waals surface area contributed by atoms with E-state index < -0.39 is 48.8 Å². The normalized spacial score (nSPS) is 13.3. The average molecular weight is 303 g/mol. The Balaban J connectivity index is 4.68. The molecule has 9 heteroatoms. The number of aliphatic carboxylic acids is 2. The minimum atomic E-state index is -1.37. The van der Waals surface area contributed by atoms with Crippen molar-refractivity contribution in [1.29, 1.82) is 0 Å². The molecule has 2 amide bonds. The van der Waals surface area contributed by atoms with E-state index in [1.165, 1.54) is 0 Å². The average Bonchev–Trinajstić information content (AvgIpc) is 2.33. The van der Waals surface area contributed by atoms with Gasteiger partial charge in [-0.3, -0.25) is 19.2 Å². The summed E-state index contributed by atoms with van der Waals surface area (Å²) in [6.45, 7) is 3.06. The molecule has 0 unspecified atom stereocenters. The van der Waals surface area contributed by atoms with Gasteiger partial charge >= 0.3 is 11.9 Å². The lowest BCUT2D eigenvalue weighted by Gasteiger charge is -2.19. The molecule has 0 radical (unpaired) electrons. The quantitative estimate of drug-likeness (QED) is 0.347. The summed E-state index contributed by atoms with van der Waals surface area (Å²) in [5.41, 5.74) is 5.63. The predicted molar refractivity (Wildman–Crippen MR) is 72.3 cm³/mol. The highest BCUT2D eigenvalue weighted by molar-refractivity contribution is 5.93. The smallest absolute Gasteiger partial charge is 0.322 e. The van der Waals surface area contributed by atoms with Crippen LogP contribution in [-0.2, 0) is 19.2 Å². The maximum Gasteiger partial charge on any atom is 0.322 e. The van der Waals surface area contributed by atoms with Crippen LogP contribution in [0.3, 0.4) is 0 Å². The number of amides is 2. The van der Waals surface area contributed by atoms with Gasteiger partial charge in [-0.1, -0.05) is 13.8 Å². The van der Waals surface area contributed by atoms with E-state index >= 15 is 0 Å². The van der Waals surface area contributed by atoms with Gasteiger partial charge in [0.2, 0.25) is 11.8 Å². The van der Waals surface area contributed by atoms with Gasteiger partial charge in [0.05, 0.1) is 12.5 Å². The first-order valence-corrected chi connectivity index (χ1v) is 6.40. The molecule has 0 saturated heterocycles. The molecule has 0 aliphatic rings. The molecular formula is C12H21N3O6. The lowest BCUT2D eigenvalue weighted by Crippen LogP contribution is -2.53. The summed E-state index contributed by atoms with van der Waals surface area (Å²) in [6, 6.07) is -2.24. The molecule has 0 aromatic heterocycles. The summed E-state index contributed by atoms with van der Waals surface area (Å²) in [5.74, 6) is -3.96. The maximum atomic E-state index is 11.8. The molecule has 0 saturated carbocycles. The van der Waals surface area contributed by atoms with Crippen LogP contribution in [0.1, 0.15) is 26.7 Å². The Labute approximate surface area is 121 Å². The van der Waals surface area contributed by atoms with Crippen molar-refractivity contribution >= 4 is 23.8 Å². The minimum Gasteiger partial charge on any atom is -0.481 e. The Morgan fingerprint density at radius 3 is 2.05 bits per heavy atom. The molecule has 0 aromatic rings. The van der Waals surface area contributed by atoms with Crippen LogP contribution in [0, 0.1) is 5.92 Å². The second-order valence-corrected chi connectivity index (χ2v) is 5.01. The molecule has 0 aromatic carbocycles. The number of hydrogen-bond donors (Lipinski definition) is 5. The van der Waals surface area contributed by atoms with Crippen LogP contribution in [0.2, 0.25) is 0 Å². The van der Waals surface area contributed by atoms with Crippen LogP contribution in [-0.4, -0.2) is 52.6 Å². The first-order valence-electron chi connectivity index (χ1n) is 6.40. The van der Waals surface area contributed by atoms with Crippen molar-refractivity contribution in [2.75, 3.05) is 6.54 Å². The molecule has 120 valence electrons. The van der Waals surface area contributed by atoms with Crippen molar-refractivity contribution in [3.63, 3.8) is 0 Å². The zero-order valence-corrected chi connectivity index (χ0v) is 12.0. The van der Waals surface area contributed by atoms with Crippen LogP contribution in [0.4, 0.5) is 0 Å². The molecule has 9 nitrogen and oxygen atoms in total. The predicted octanol–water partition coefficient (Wildman–Crippen LogP) is -1.48. The first-order chi connectivity index (χ1) is 9.63. The number of rotatable bonds is 9. The minimum absolute atomic E-state index is 0.157. The van der Waals surface area contributed by atoms with Crippen LogP contribution in [0.15, 0.2) is 0 Å². The van der Waals surface area contributed by atoms with Gasteiger partial charge in [-0.15, -0.1) is 0 Å². The van der Waals surface area contributed by atoms with E-state index in [4.69, 9.17) is 15.9 Å². The molecule has 0 bridgehead atoms. The monoisotopic (exact) mass is 303 g/mol. The van der Waals surface area contributed by atoms with Crippen LogP contribution >= 0.6 is 0 Å². The van der Waals surface area contributed by atoms with Crippen LogP contribution < -0.4 is 16.4 Å². The second kappa shape index (κ2) is 8.90. The van der Waals surface area contributed by atoms with E-state index in [9.17, 15) is 19.2 Å². The fraction of sp³-hybridized carbons (Fsp3) is 0.667. The van der Waals surface area contributed by atoms with Crippen molar-refractivity contribution in [2.45, 2.75) is 38.8 Å². The summed E-state index contributed by atoms with van der Waals surface area (Å²) in [6.07, 6.45) is -0.284. The zero-order valence-electron chi connectivity index (χ0n) is 12.0. The highest BCUT2D eigenvalue weighted by Gasteiger charge is 2.26. The van der Waals surface area contributed by atoms with Crippen molar-refractivity contribution in [3.05, 3.63) is 0 Å². The summed E-state index contributed by atoms with van der Waals surface area (Å²) in [4.78, 5) is 44.5. The molecular weight excluding hydrogens is 282 g/mol. The van der Waals surface area contributed by atoms with Gasteiger partial charge in [-0.2, -0.15) is 0 Å². The number of carbonyl (C=O) groups excluding carboxylic acids is 2. The maximum absolute atomic E-state index is 11.8. The molecule has 0 aliphatic carbocycles. The van der Waals surface area contributed by atoms with Gasteiger partial charge in [0, 0.05) is 0 Å². The van der Waals surface area contributed by atoms with E-state index in [0.29, 0.717) is 6.42 Å². The van der Waals surface area contributed by atoms with Crippen molar-refractivity contribution in [2.24, 2.45) is 11.7 Å². The van der Waals surface area contributed by atoms with Gasteiger partial charge in [0.25, 0.3) is 0 Å². The first kappa shape index (κ1) is 18.8. The number of nitrogens with one attached hydrogen (secondary N) is 2. The molecule has 0 aliphatic heterocycles. The molecule has 6 N–H and O–H groups in total. The third kappa shape index (κ3) is 8.58. The molecule has 21 heavy (non-hydrogen) atoms. The SMILES string of the molecule is CC(C)C[C@H](N)C(=O)N[C@@H](CC(=O)O)C(=O)NCC(=O)O. The van der Waals surface area contributed by atoms with Gasteiger partial charge in [0.1, 0.15) is 12.6 Å². The van der Waals surface area contributed by atoms with Gasteiger partial charge in [0.15, 0.2) is 0 Å². The fourth-order valence-corrected chi connectivity index (χ4v) is 1.56. The number of carbonyl (C=O) groups is 4. The summed E-state index contributed by atoms with van der Waals surface area (Å²) < 4.78 is 0. The van der Waals surface area contributed by atoms with E-state index in [0.717, 1.165) is 0 Å². The Hall–Kier alpha value is -2.16. The molecule has 0 spiro atoms. The number of nitrogens with two attached hydrogens (primary N) is 1. The van der Waals surface area contributed by atoms with Crippen molar-refractivity contribution < 1.29 is 29.4 Å². The van der Waals surface area contributed by atoms with Crippen LogP contribution in [0.25, 0.3) is 0 Å². The van der Waals surface area contributed by atoms with E-state index in [-0.39, 0.29) is 5.92 Å².